The van der Waals surface area contributed by atoms with E-state index >= 15 is 0 Å². The third-order valence-electron chi connectivity index (χ3n) is 4.82. The standard InChI is InChI=1S/C19H40N4O3S.HI/c1-7-20-18(21-12-10-13-23(8-2)27(6,24)25)22-15-16-11-9-14-26-17(16)19(3,4)5;/h16-17H,7-15H2,1-6H3,(H2,20,21,22);1H. The highest BCUT2D eigenvalue weighted by Gasteiger charge is 2.35. The van der Waals surface area contributed by atoms with Gasteiger partial charge in [0.1, 0.15) is 0 Å². The Morgan fingerprint density at radius 1 is 1.25 bits per heavy atom. The molecule has 2 N–H and O–H groups in total. The summed E-state index contributed by atoms with van der Waals surface area (Å²) in [7, 11) is -3.13. The fourth-order valence-corrected chi connectivity index (χ4v) is 4.49. The number of ether oxygens (including phenoxy) is 1. The van der Waals surface area contributed by atoms with E-state index in [1.807, 2.05) is 13.8 Å². The van der Waals surface area contributed by atoms with Gasteiger partial charge in [-0.1, -0.05) is 27.7 Å². The van der Waals surface area contributed by atoms with Crippen LogP contribution in [0.15, 0.2) is 4.99 Å². The van der Waals surface area contributed by atoms with Crippen molar-refractivity contribution in [3.8, 4) is 0 Å². The molecular formula is C19H41IN4O3S. The second kappa shape index (κ2) is 13.2. The van der Waals surface area contributed by atoms with Crippen LogP contribution >= 0.6 is 24.0 Å². The van der Waals surface area contributed by atoms with Crippen LogP contribution in [0.25, 0.3) is 0 Å². The Morgan fingerprint density at radius 2 is 1.93 bits per heavy atom. The number of sulfonamides is 1. The molecule has 2 unspecified atom stereocenters. The minimum Gasteiger partial charge on any atom is -0.377 e. The molecule has 1 saturated heterocycles. The van der Waals surface area contributed by atoms with Gasteiger partial charge in [-0.25, -0.2) is 12.7 Å². The van der Waals surface area contributed by atoms with Gasteiger partial charge in [-0.15, -0.1) is 24.0 Å². The Morgan fingerprint density at radius 3 is 2.46 bits per heavy atom. The highest BCUT2D eigenvalue weighted by Crippen LogP contribution is 2.34. The maximum absolute atomic E-state index is 11.6. The fraction of sp³-hybridized carbons (Fsp3) is 0.947. The smallest absolute Gasteiger partial charge is 0.211 e. The summed E-state index contributed by atoms with van der Waals surface area (Å²) in [5.41, 5.74) is 0.113. The van der Waals surface area contributed by atoms with E-state index in [1.54, 1.807) is 0 Å². The number of aliphatic imine (C=N–C) groups is 1. The Hall–Kier alpha value is -0.130. The summed E-state index contributed by atoms with van der Waals surface area (Å²) in [4.78, 5) is 4.77. The van der Waals surface area contributed by atoms with E-state index in [-0.39, 0.29) is 35.5 Å². The van der Waals surface area contributed by atoms with E-state index in [2.05, 4.69) is 31.4 Å². The van der Waals surface area contributed by atoms with Crippen molar-refractivity contribution >= 4 is 40.0 Å². The van der Waals surface area contributed by atoms with Crippen LogP contribution in [0.1, 0.15) is 53.9 Å². The summed E-state index contributed by atoms with van der Waals surface area (Å²) in [5, 5.41) is 6.60. The highest BCUT2D eigenvalue weighted by molar-refractivity contribution is 14.0. The minimum atomic E-state index is -3.13. The molecule has 168 valence electrons. The molecule has 2 atom stereocenters. The third kappa shape index (κ3) is 10.1. The van der Waals surface area contributed by atoms with Crippen molar-refractivity contribution in [3.63, 3.8) is 0 Å². The predicted octanol–water partition coefficient (Wildman–Crippen LogP) is 2.67. The van der Waals surface area contributed by atoms with E-state index < -0.39 is 10.0 Å². The molecule has 28 heavy (non-hydrogen) atoms. The number of halogens is 1. The highest BCUT2D eigenvalue weighted by atomic mass is 127. The molecule has 0 saturated carbocycles. The molecule has 0 aromatic carbocycles. The van der Waals surface area contributed by atoms with Gasteiger partial charge >= 0.3 is 0 Å². The van der Waals surface area contributed by atoms with Crippen molar-refractivity contribution in [2.45, 2.75) is 60.0 Å². The fourth-order valence-electron chi connectivity index (χ4n) is 3.56. The van der Waals surface area contributed by atoms with Crippen molar-refractivity contribution in [1.29, 1.82) is 0 Å². The van der Waals surface area contributed by atoms with Crippen molar-refractivity contribution in [1.82, 2.24) is 14.9 Å². The van der Waals surface area contributed by atoms with E-state index in [0.717, 1.165) is 44.9 Å². The molecule has 0 aromatic rings. The van der Waals surface area contributed by atoms with Gasteiger partial charge in [-0.05, 0) is 31.6 Å². The van der Waals surface area contributed by atoms with Crippen LogP contribution in [0, 0.1) is 11.3 Å². The number of hydrogen-bond acceptors (Lipinski definition) is 4. The van der Waals surface area contributed by atoms with E-state index in [1.165, 1.54) is 10.6 Å². The second-order valence-corrected chi connectivity index (χ2v) is 10.3. The number of nitrogens with one attached hydrogen (secondary N) is 2. The van der Waals surface area contributed by atoms with Gasteiger partial charge in [-0.3, -0.25) is 4.99 Å². The molecule has 0 amide bonds. The summed E-state index contributed by atoms with van der Waals surface area (Å²) in [6.45, 7) is 14.7. The molecule has 0 bridgehead atoms. The average Bonchev–Trinajstić information content (AvgIpc) is 2.57. The zero-order valence-corrected chi connectivity index (χ0v) is 21.6. The average molecular weight is 533 g/mol. The molecule has 1 rings (SSSR count). The third-order valence-corrected chi connectivity index (χ3v) is 6.20. The number of nitrogens with zero attached hydrogens (tertiary/aromatic N) is 2. The van der Waals surface area contributed by atoms with Gasteiger partial charge in [0, 0.05) is 45.2 Å². The molecule has 1 aliphatic heterocycles. The van der Waals surface area contributed by atoms with Crippen LogP contribution < -0.4 is 10.6 Å². The monoisotopic (exact) mass is 532 g/mol. The molecule has 0 aromatic heterocycles. The van der Waals surface area contributed by atoms with Crippen LogP contribution in [0.3, 0.4) is 0 Å². The summed E-state index contributed by atoms with van der Waals surface area (Å²) < 4.78 is 30.8. The van der Waals surface area contributed by atoms with E-state index in [0.29, 0.717) is 25.6 Å². The van der Waals surface area contributed by atoms with Gasteiger partial charge in [0.2, 0.25) is 10.0 Å². The first-order valence-corrected chi connectivity index (χ1v) is 12.0. The zero-order valence-electron chi connectivity index (χ0n) is 18.5. The molecule has 0 radical (unpaired) electrons. The molecule has 7 nitrogen and oxygen atoms in total. The number of hydrogen-bond donors (Lipinski definition) is 2. The van der Waals surface area contributed by atoms with Gasteiger partial charge in [0.25, 0.3) is 0 Å². The molecule has 0 aliphatic carbocycles. The quantitative estimate of drug-likeness (QED) is 0.207. The Balaban J connectivity index is 0.00000729. The SMILES string of the molecule is CCNC(=NCC1CCCOC1C(C)(C)C)NCCCN(CC)S(C)(=O)=O.I. The number of rotatable bonds is 9. The lowest BCUT2D eigenvalue weighted by Gasteiger charge is -2.39. The normalized spacial score (nSPS) is 21.3. The Kier molecular flexibility index (Phi) is 13.2. The lowest BCUT2D eigenvalue weighted by atomic mass is 9.78. The summed E-state index contributed by atoms with van der Waals surface area (Å²) in [5.74, 6) is 1.22. The van der Waals surface area contributed by atoms with E-state index in [9.17, 15) is 8.42 Å². The molecule has 1 heterocycles. The van der Waals surface area contributed by atoms with Crippen LogP contribution in [0.5, 0.6) is 0 Å². The summed E-state index contributed by atoms with van der Waals surface area (Å²) >= 11 is 0. The topological polar surface area (TPSA) is 83.0 Å². The van der Waals surface area contributed by atoms with Crippen molar-refractivity contribution < 1.29 is 13.2 Å². The maximum atomic E-state index is 11.6. The van der Waals surface area contributed by atoms with Crippen LogP contribution in [-0.4, -0.2) is 70.4 Å². The molecule has 0 spiro atoms. The lowest BCUT2D eigenvalue weighted by molar-refractivity contribution is -0.0823. The van der Waals surface area contributed by atoms with Crippen molar-refractivity contribution in [2.24, 2.45) is 16.3 Å². The maximum Gasteiger partial charge on any atom is 0.211 e. The molecular weight excluding hydrogens is 491 g/mol. The Bertz CT molecular complexity index is 564. The predicted molar refractivity (Wildman–Crippen MR) is 128 cm³/mol. The molecule has 1 fully saturated rings. The first-order valence-electron chi connectivity index (χ1n) is 10.2. The van der Waals surface area contributed by atoms with Gasteiger partial charge in [0.15, 0.2) is 5.96 Å². The summed E-state index contributed by atoms with van der Waals surface area (Å²) in [6, 6.07) is 0. The van der Waals surface area contributed by atoms with Gasteiger partial charge in [0.05, 0.1) is 12.4 Å². The van der Waals surface area contributed by atoms with Crippen LogP contribution in [-0.2, 0) is 14.8 Å². The summed E-state index contributed by atoms with van der Waals surface area (Å²) in [6.07, 6.45) is 4.46. The Labute approximate surface area is 189 Å². The zero-order chi connectivity index (χ0) is 20.5. The van der Waals surface area contributed by atoms with Gasteiger partial charge in [-0.2, -0.15) is 0 Å². The van der Waals surface area contributed by atoms with Crippen molar-refractivity contribution in [2.75, 3.05) is 45.6 Å². The largest absolute Gasteiger partial charge is 0.377 e. The first kappa shape index (κ1) is 27.9. The lowest BCUT2D eigenvalue weighted by Crippen LogP contribution is -2.43. The number of guanidine groups is 1. The molecule has 1 aliphatic rings. The first-order chi connectivity index (χ1) is 12.6. The second-order valence-electron chi connectivity index (χ2n) is 8.31. The minimum absolute atomic E-state index is 0. The van der Waals surface area contributed by atoms with Gasteiger partial charge < -0.3 is 15.4 Å². The van der Waals surface area contributed by atoms with Crippen LogP contribution in [0.4, 0.5) is 0 Å². The van der Waals surface area contributed by atoms with E-state index in [4.69, 9.17) is 9.73 Å². The molecule has 9 heteroatoms. The van der Waals surface area contributed by atoms with Crippen LogP contribution in [0.2, 0.25) is 0 Å². The van der Waals surface area contributed by atoms with Crippen molar-refractivity contribution in [3.05, 3.63) is 0 Å².